The largest absolute Gasteiger partial charge is 0.497 e. The van der Waals surface area contributed by atoms with Gasteiger partial charge in [-0.3, -0.25) is 0 Å². The van der Waals surface area contributed by atoms with Gasteiger partial charge in [-0.1, -0.05) is 24.3 Å². The maximum absolute atomic E-state index is 5.67. The van der Waals surface area contributed by atoms with Crippen LogP contribution in [0.4, 0.5) is 17.3 Å². The molecule has 0 aliphatic carbocycles. The van der Waals surface area contributed by atoms with Gasteiger partial charge >= 0.3 is 0 Å². The summed E-state index contributed by atoms with van der Waals surface area (Å²) in [6.07, 6.45) is 0.892. The summed E-state index contributed by atoms with van der Waals surface area (Å²) in [5, 5.41) is 6.70. The lowest BCUT2D eigenvalue weighted by molar-refractivity contribution is 0.342. The maximum atomic E-state index is 5.67. The van der Waals surface area contributed by atoms with Gasteiger partial charge in [-0.05, 0) is 50.1 Å². The highest BCUT2D eigenvalue weighted by Gasteiger charge is 2.06. The van der Waals surface area contributed by atoms with Gasteiger partial charge < -0.3 is 20.1 Å². The predicted octanol–water partition coefficient (Wildman–Crippen LogP) is 4.59. The van der Waals surface area contributed by atoms with Crippen LogP contribution in [0.15, 0.2) is 54.6 Å². The zero-order chi connectivity index (χ0) is 19.8. The zero-order valence-corrected chi connectivity index (χ0v) is 16.5. The lowest BCUT2D eigenvalue weighted by atomic mass is 10.1. The van der Waals surface area contributed by atoms with E-state index in [1.165, 1.54) is 5.56 Å². The molecular formula is C22H26N4O2. The second-order valence-electron chi connectivity index (χ2n) is 6.26. The Morgan fingerprint density at radius 1 is 0.964 bits per heavy atom. The molecule has 0 saturated heterocycles. The fraction of sp³-hybridized carbons (Fsp3) is 0.273. The third-order valence-electron chi connectivity index (χ3n) is 4.17. The number of benzene rings is 2. The molecular weight excluding hydrogens is 352 g/mol. The highest BCUT2D eigenvalue weighted by molar-refractivity contribution is 5.65. The molecule has 0 saturated carbocycles. The zero-order valence-electron chi connectivity index (χ0n) is 16.5. The van der Waals surface area contributed by atoms with Crippen molar-refractivity contribution in [3.63, 3.8) is 0 Å². The summed E-state index contributed by atoms with van der Waals surface area (Å²) in [5.41, 5.74) is 2.12. The van der Waals surface area contributed by atoms with Crippen LogP contribution in [0, 0.1) is 6.92 Å². The second-order valence-corrected chi connectivity index (χ2v) is 6.26. The van der Waals surface area contributed by atoms with Gasteiger partial charge in [0.15, 0.2) is 0 Å². The van der Waals surface area contributed by atoms with Crippen LogP contribution in [0.25, 0.3) is 0 Å². The van der Waals surface area contributed by atoms with E-state index in [1.54, 1.807) is 7.11 Å². The normalized spacial score (nSPS) is 10.4. The Kier molecular flexibility index (Phi) is 6.68. The van der Waals surface area contributed by atoms with Crippen molar-refractivity contribution >= 4 is 17.3 Å². The van der Waals surface area contributed by atoms with E-state index in [0.717, 1.165) is 41.8 Å². The number of nitrogens with one attached hydrogen (secondary N) is 2. The molecule has 3 aromatic rings. The maximum Gasteiger partial charge on any atom is 0.142 e. The van der Waals surface area contributed by atoms with Crippen LogP contribution in [0.5, 0.6) is 11.5 Å². The van der Waals surface area contributed by atoms with Gasteiger partial charge in [-0.25, -0.2) is 9.97 Å². The molecule has 2 N–H and O–H groups in total. The lowest BCUT2D eigenvalue weighted by Gasteiger charge is -2.13. The molecule has 3 rings (SSSR count). The number of ether oxygens (including phenoxy) is 2. The quantitative estimate of drug-likeness (QED) is 0.568. The number of nitrogens with zero attached hydrogens (tertiary/aromatic N) is 2. The predicted molar refractivity (Wildman–Crippen MR) is 113 cm³/mol. The van der Waals surface area contributed by atoms with E-state index in [1.807, 2.05) is 56.3 Å². The average Bonchev–Trinajstić information content (AvgIpc) is 2.70. The number of hydrogen-bond acceptors (Lipinski definition) is 6. The minimum absolute atomic E-state index is 0.611. The smallest absolute Gasteiger partial charge is 0.142 e. The summed E-state index contributed by atoms with van der Waals surface area (Å²) in [5.74, 6) is 3.89. The average molecular weight is 378 g/mol. The van der Waals surface area contributed by atoms with Crippen LogP contribution < -0.4 is 20.1 Å². The fourth-order valence-electron chi connectivity index (χ4n) is 2.84. The number of aryl methyl sites for hydroxylation is 1. The molecule has 0 amide bonds. The third kappa shape index (κ3) is 5.36. The molecule has 0 fully saturated rings. The molecule has 6 nitrogen and oxygen atoms in total. The number of para-hydroxylation sites is 2. The summed E-state index contributed by atoms with van der Waals surface area (Å²) in [7, 11) is 1.67. The Labute approximate surface area is 166 Å². The standard InChI is InChI=1S/C22H26N4O2/c1-4-28-20-8-6-5-7-19(20)26-22-15-21(24-16(2)25-22)23-14-13-17-9-11-18(27-3)12-10-17/h5-12,15H,4,13-14H2,1-3H3,(H2,23,24,25,26). The van der Waals surface area contributed by atoms with Crippen molar-refractivity contribution in [1.82, 2.24) is 9.97 Å². The molecule has 0 atom stereocenters. The number of anilines is 3. The molecule has 1 aromatic heterocycles. The van der Waals surface area contributed by atoms with Crippen molar-refractivity contribution in [1.29, 1.82) is 0 Å². The Morgan fingerprint density at radius 2 is 1.71 bits per heavy atom. The summed E-state index contributed by atoms with van der Waals surface area (Å²) >= 11 is 0. The first-order chi connectivity index (χ1) is 13.7. The number of hydrogen-bond donors (Lipinski definition) is 2. The Morgan fingerprint density at radius 3 is 2.46 bits per heavy atom. The Bertz CT molecular complexity index is 897. The van der Waals surface area contributed by atoms with Crippen LogP contribution in [-0.4, -0.2) is 30.2 Å². The molecule has 1 heterocycles. The summed E-state index contributed by atoms with van der Waals surface area (Å²) in [6, 6.07) is 17.8. The van der Waals surface area contributed by atoms with Crippen molar-refractivity contribution in [2.24, 2.45) is 0 Å². The van der Waals surface area contributed by atoms with Crippen molar-refractivity contribution in [3.8, 4) is 11.5 Å². The molecule has 0 bridgehead atoms. The fourth-order valence-corrected chi connectivity index (χ4v) is 2.84. The van der Waals surface area contributed by atoms with Crippen molar-refractivity contribution < 1.29 is 9.47 Å². The van der Waals surface area contributed by atoms with Crippen LogP contribution in [-0.2, 0) is 6.42 Å². The van der Waals surface area contributed by atoms with Gasteiger partial charge in [-0.15, -0.1) is 0 Å². The van der Waals surface area contributed by atoms with Gasteiger partial charge in [-0.2, -0.15) is 0 Å². The number of methoxy groups -OCH3 is 1. The third-order valence-corrected chi connectivity index (χ3v) is 4.17. The minimum Gasteiger partial charge on any atom is -0.497 e. The molecule has 0 unspecified atom stereocenters. The van der Waals surface area contributed by atoms with E-state index >= 15 is 0 Å². The van der Waals surface area contributed by atoms with E-state index in [0.29, 0.717) is 12.4 Å². The van der Waals surface area contributed by atoms with Crippen LogP contribution >= 0.6 is 0 Å². The SMILES string of the molecule is CCOc1ccccc1Nc1cc(NCCc2ccc(OC)cc2)nc(C)n1. The van der Waals surface area contributed by atoms with Crippen LogP contribution in [0.1, 0.15) is 18.3 Å². The van der Waals surface area contributed by atoms with Gasteiger partial charge in [0.25, 0.3) is 0 Å². The van der Waals surface area contributed by atoms with Gasteiger partial charge in [0.05, 0.1) is 19.4 Å². The van der Waals surface area contributed by atoms with E-state index in [-0.39, 0.29) is 0 Å². The number of rotatable bonds is 9. The molecule has 28 heavy (non-hydrogen) atoms. The molecule has 0 spiro atoms. The Hall–Kier alpha value is -3.28. The van der Waals surface area contributed by atoms with E-state index in [2.05, 4.69) is 32.7 Å². The van der Waals surface area contributed by atoms with Crippen molar-refractivity contribution in [3.05, 3.63) is 66.0 Å². The summed E-state index contributed by atoms with van der Waals surface area (Å²) < 4.78 is 10.9. The highest BCUT2D eigenvalue weighted by Crippen LogP contribution is 2.27. The van der Waals surface area contributed by atoms with Gasteiger partial charge in [0, 0.05) is 12.6 Å². The lowest BCUT2D eigenvalue weighted by Crippen LogP contribution is -2.08. The van der Waals surface area contributed by atoms with Crippen LogP contribution in [0.3, 0.4) is 0 Å². The Balaban J connectivity index is 1.64. The summed E-state index contributed by atoms with van der Waals surface area (Å²) in [6.45, 7) is 5.24. The molecule has 6 heteroatoms. The molecule has 146 valence electrons. The first-order valence-corrected chi connectivity index (χ1v) is 9.39. The van der Waals surface area contributed by atoms with Crippen molar-refractivity contribution in [2.45, 2.75) is 20.3 Å². The van der Waals surface area contributed by atoms with Crippen molar-refractivity contribution in [2.75, 3.05) is 30.9 Å². The first kappa shape index (κ1) is 19.5. The number of aromatic nitrogens is 2. The van der Waals surface area contributed by atoms with Gasteiger partial charge in [0.2, 0.25) is 0 Å². The van der Waals surface area contributed by atoms with Gasteiger partial charge in [0.1, 0.15) is 29.0 Å². The molecule has 2 aromatic carbocycles. The second kappa shape index (κ2) is 9.60. The molecule has 0 aliphatic rings. The monoisotopic (exact) mass is 378 g/mol. The topological polar surface area (TPSA) is 68.3 Å². The first-order valence-electron chi connectivity index (χ1n) is 9.39. The highest BCUT2D eigenvalue weighted by atomic mass is 16.5. The molecule has 0 radical (unpaired) electrons. The van der Waals surface area contributed by atoms with E-state index in [4.69, 9.17) is 9.47 Å². The minimum atomic E-state index is 0.611. The van der Waals surface area contributed by atoms with E-state index in [9.17, 15) is 0 Å². The molecule has 0 aliphatic heterocycles. The van der Waals surface area contributed by atoms with Crippen LogP contribution in [0.2, 0.25) is 0 Å². The summed E-state index contributed by atoms with van der Waals surface area (Å²) in [4.78, 5) is 8.96. The van der Waals surface area contributed by atoms with E-state index < -0.39 is 0 Å².